The van der Waals surface area contributed by atoms with Gasteiger partial charge in [-0.3, -0.25) is 0 Å². The Kier molecular flexibility index (Phi) is 4.57. The van der Waals surface area contributed by atoms with E-state index in [1.165, 1.54) is 0 Å². The zero-order valence-electron chi connectivity index (χ0n) is 11.9. The Morgan fingerprint density at radius 3 is 2.53 bits per heavy atom. The first-order valence-corrected chi connectivity index (χ1v) is 6.29. The molecule has 4 heteroatoms. The fourth-order valence-electron chi connectivity index (χ4n) is 1.59. The maximum Gasteiger partial charge on any atom is 0.297 e. The van der Waals surface area contributed by atoms with Crippen molar-refractivity contribution >= 4 is 6.01 Å². The largest absolute Gasteiger partial charge is 0.432 e. The Balaban J connectivity index is 2.64. The molecule has 1 heterocycles. The van der Waals surface area contributed by atoms with E-state index < -0.39 is 0 Å². The molecular weight excluding hydrogens is 214 g/mol. The fourth-order valence-corrected chi connectivity index (χ4v) is 1.59. The van der Waals surface area contributed by atoms with E-state index in [2.05, 4.69) is 56.7 Å². The van der Waals surface area contributed by atoms with Gasteiger partial charge in [0.05, 0.1) is 5.69 Å². The summed E-state index contributed by atoms with van der Waals surface area (Å²) >= 11 is 0. The Morgan fingerprint density at radius 2 is 2.06 bits per heavy atom. The minimum Gasteiger partial charge on any atom is -0.432 e. The minimum atomic E-state index is 0.0988. The molecule has 0 saturated carbocycles. The van der Waals surface area contributed by atoms with E-state index in [0.717, 1.165) is 18.8 Å². The number of oxazole rings is 1. The molecule has 17 heavy (non-hydrogen) atoms. The van der Waals surface area contributed by atoms with E-state index in [1.54, 1.807) is 6.26 Å². The van der Waals surface area contributed by atoms with Gasteiger partial charge in [0.1, 0.15) is 6.26 Å². The quantitative estimate of drug-likeness (QED) is 0.858. The van der Waals surface area contributed by atoms with Crippen molar-refractivity contribution in [1.29, 1.82) is 0 Å². The van der Waals surface area contributed by atoms with E-state index in [-0.39, 0.29) is 5.54 Å². The van der Waals surface area contributed by atoms with E-state index in [4.69, 9.17) is 4.42 Å². The normalized spacial score (nSPS) is 12.2. The predicted octanol–water partition coefficient (Wildman–Crippen LogP) is 2.80. The molecular formula is C13H25N3O. The van der Waals surface area contributed by atoms with Crippen molar-refractivity contribution < 1.29 is 4.42 Å². The highest BCUT2D eigenvalue weighted by Crippen LogP contribution is 2.16. The number of nitrogens with one attached hydrogen (secondary N) is 1. The molecule has 1 aromatic rings. The van der Waals surface area contributed by atoms with Gasteiger partial charge in [0.15, 0.2) is 0 Å². The van der Waals surface area contributed by atoms with Gasteiger partial charge in [-0.2, -0.15) is 4.98 Å². The molecule has 0 saturated heterocycles. The van der Waals surface area contributed by atoms with E-state index >= 15 is 0 Å². The lowest BCUT2D eigenvalue weighted by Gasteiger charge is -2.22. The molecule has 4 nitrogen and oxygen atoms in total. The molecule has 0 atom stereocenters. The van der Waals surface area contributed by atoms with Gasteiger partial charge < -0.3 is 14.6 Å². The molecule has 0 spiro atoms. The Morgan fingerprint density at radius 1 is 1.41 bits per heavy atom. The van der Waals surface area contributed by atoms with Crippen LogP contribution in [0.4, 0.5) is 6.01 Å². The van der Waals surface area contributed by atoms with Crippen LogP contribution in [0.15, 0.2) is 10.7 Å². The van der Waals surface area contributed by atoms with Crippen LogP contribution in [0.3, 0.4) is 0 Å². The summed E-state index contributed by atoms with van der Waals surface area (Å²) in [5.41, 5.74) is 1.05. The first-order valence-electron chi connectivity index (χ1n) is 6.29. The van der Waals surface area contributed by atoms with Gasteiger partial charge in [-0.1, -0.05) is 0 Å². The molecule has 0 aliphatic heterocycles. The molecule has 0 unspecified atom stereocenters. The van der Waals surface area contributed by atoms with E-state index in [9.17, 15) is 0 Å². The molecule has 1 aromatic heterocycles. The Labute approximate surface area is 104 Å². The second-order valence-electron chi connectivity index (χ2n) is 5.60. The first kappa shape index (κ1) is 14.0. The molecule has 1 N–H and O–H groups in total. The average Bonchev–Trinajstić information content (AvgIpc) is 2.63. The van der Waals surface area contributed by atoms with Gasteiger partial charge in [0.2, 0.25) is 0 Å². The van der Waals surface area contributed by atoms with Gasteiger partial charge in [-0.05, 0) is 41.5 Å². The van der Waals surface area contributed by atoms with Crippen LogP contribution in [0.2, 0.25) is 0 Å². The van der Waals surface area contributed by atoms with Crippen molar-refractivity contribution in [3.05, 3.63) is 12.0 Å². The summed E-state index contributed by atoms with van der Waals surface area (Å²) < 4.78 is 5.52. The monoisotopic (exact) mass is 239 g/mol. The van der Waals surface area contributed by atoms with Crippen molar-refractivity contribution in [2.75, 3.05) is 11.4 Å². The number of aromatic nitrogens is 1. The first-order chi connectivity index (χ1) is 7.83. The highest BCUT2D eigenvalue weighted by atomic mass is 16.4. The molecule has 0 radical (unpaired) electrons. The molecule has 0 aliphatic rings. The standard InChI is InChI=1S/C13H25N3O/c1-7-16(10(2)3)12-15-11(9-17-12)8-14-13(4,5)6/h9-10,14H,7-8H2,1-6H3. The summed E-state index contributed by atoms with van der Waals surface area (Å²) in [5.74, 6) is 0. The average molecular weight is 239 g/mol. The zero-order valence-corrected chi connectivity index (χ0v) is 11.9. The van der Waals surface area contributed by atoms with Crippen LogP contribution < -0.4 is 10.2 Å². The lowest BCUT2D eigenvalue weighted by molar-refractivity contribution is 0.421. The number of anilines is 1. The fraction of sp³-hybridized carbons (Fsp3) is 0.769. The third-order valence-electron chi connectivity index (χ3n) is 2.55. The van der Waals surface area contributed by atoms with E-state index in [0.29, 0.717) is 12.1 Å². The van der Waals surface area contributed by atoms with Crippen LogP contribution >= 0.6 is 0 Å². The van der Waals surface area contributed by atoms with Crippen molar-refractivity contribution in [2.45, 2.75) is 59.7 Å². The van der Waals surface area contributed by atoms with Crippen LogP contribution in [0.1, 0.15) is 47.2 Å². The maximum absolute atomic E-state index is 5.52. The smallest absolute Gasteiger partial charge is 0.297 e. The molecule has 0 aliphatic carbocycles. The minimum absolute atomic E-state index is 0.0988. The molecule has 1 rings (SSSR count). The van der Waals surface area contributed by atoms with Crippen LogP contribution in [-0.4, -0.2) is 23.1 Å². The zero-order chi connectivity index (χ0) is 13.1. The summed E-state index contributed by atoms with van der Waals surface area (Å²) in [6, 6.07) is 1.12. The summed E-state index contributed by atoms with van der Waals surface area (Å²) in [4.78, 5) is 6.64. The lowest BCUT2D eigenvalue weighted by atomic mass is 10.1. The third kappa shape index (κ3) is 4.38. The highest BCUT2D eigenvalue weighted by molar-refractivity contribution is 5.27. The van der Waals surface area contributed by atoms with Gasteiger partial charge >= 0.3 is 0 Å². The Hall–Kier alpha value is -1.03. The van der Waals surface area contributed by atoms with Gasteiger partial charge in [0.25, 0.3) is 6.01 Å². The molecule has 0 fully saturated rings. The SMILES string of the molecule is CCN(c1nc(CNC(C)(C)C)co1)C(C)C. The summed E-state index contributed by atoms with van der Waals surface area (Å²) in [7, 11) is 0. The van der Waals surface area contributed by atoms with Gasteiger partial charge in [-0.15, -0.1) is 0 Å². The maximum atomic E-state index is 5.52. The van der Waals surface area contributed by atoms with Crippen LogP contribution in [-0.2, 0) is 6.54 Å². The number of nitrogens with zero attached hydrogens (tertiary/aromatic N) is 2. The highest BCUT2D eigenvalue weighted by Gasteiger charge is 2.15. The number of hydrogen-bond donors (Lipinski definition) is 1. The number of rotatable bonds is 5. The van der Waals surface area contributed by atoms with Crippen molar-refractivity contribution in [2.24, 2.45) is 0 Å². The molecule has 0 bridgehead atoms. The topological polar surface area (TPSA) is 41.3 Å². The lowest BCUT2D eigenvalue weighted by Crippen LogP contribution is -2.35. The summed E-state index contributed by atoms with van der Waals surface area (Å²) in [6.07, 6.45) is 1.74. The molecule has 0 amide bonds. The predicted molar refractivity (Wildman–Crippen MR) is 71.3 cm³/mol. The second kappa shape index (κ2) is 5.54. The molecule has 98 valence electrons. The van der Waals surface area contributed by atoms with Crippen LogP contribution in [0, 0.1) is 0 Å². The summed E-state index contributed by atoms with van der Waals surface area (Å²) in [6.45, 7) is 14.5. The van der Waals surface area contributed by atoms with Crippen molar-refractivity contribution in [3.8, 4) is 0 Å². The van der Waals surface area contributed by atoms with Crippen LogP contribution in [0.25, 0.3) is 0 Å². The van der Waals surface area contributed by atoms with Crippen molar-refractivity contribution in [1.82, 2.24) is 10.3 Å². The summed E-state index contributed by atoms with van der Waals surface area (Å²) in [5, 5.41) is 3.40. The van der Waals surface area contributed by atoms with Crippen molar-refractivity contribution in [3.63, 3.8) is 0 Å². The Bertz CT molecular complexity index is 339. The van der Waals surface area contributed by atoms with Gasteiger partial charge in [-0.25, -0.2) is 0 Å². The molecule has 0 aromatic carbocycles. The van der Waals surface area contributed by atoms with Gasteiger partial charge in [0, 0.05) is 24.7 Å². The second-order valence-corrected chi connectivity index (χ2v) is 5.60. The third-order valence-corrected chi connectivity index (χ3v) is 2.55. The van der Waals surface area contributed by atoms with E-state index in [1.807, 2.05) is 0 Å². The van der Waals surface area contributed by atoms with Crippen LogP contribution in [0.5, 0.6) is 0 Å². The number of hydrogen-bond acceptors (Lipinski definition) is 4.